The smallest absolute Gasteiger partial charge is 0.280 e. The van der Waals surface area contributed by atoms with Crippen LogP contribution in [0.4, 0.5) is 0 Å². The third-order valence-electron chi connectivity index (χ3n) is 3.67. The average molecular weight is 307 g/mol. The molecule has 0 aliphatic carbocycles. The predicted molar refractivity (Wildman–Crippen MR) is 84.0 cm³/mol. The Bertz CT molecular complexity index is 1070. The highest BCUT2D eigenvalue weighted by molar-refractivity contribution is 5.72. The Morgan fingerprint density at radius 2 is 2.00 bits per heavy atom. The van der Waals surface area contributed by atoms with E-state index in [1.54, 1.807) is 38.2 Å². The normalized spacial score (nSPS) is 10.7. The summed E-state index contributed by atoms with van der Waals surface area (Å²) in [6.45, 7) is 1.72. The molecule has 7 heteroatoms. The third kappa shape index (κ3) is 2.40. The number of fused-ring (bicyclic) bond motifs is 1. The number of aryl methyl sites for hydroxylation is 2. The standard InChI is InChI=1S/C16H13N5O2/c1-10-18-8-13-14(19-10)20(2)16(23)21(15(13)22)9-12-6-4-3-5-11(12)7-17/h3-6,8H,9H2,1-2H3. The van der Waals surface area contributed by atoms with Gasteiger partial charge >= 0.3 is 5.69 Å². The van der Waals surface area contributed by atoms with Gasteiger partial charge in [-0.15, -0.1) is 0 Å². The average Bonchev–Trinajstić information content (AvgIpc) is 2.57. The molecule has 2 heterocycles. The summed E-state index contributed by atoms with van der Waals surface area (Å²) in [7, 11) is 1.56. The maximum absolute atomic E-state index is 12.6. The lowest BCUT2D eigenvalue weighted by molar-refractivity contribution is 0.654. The van der Waals surface area contributed by atoms with Gasteiger partial charge in [0.25, 0.3) is 5.56 Å². The van der Waals surface area contributed by atoms with Crippen molar-refractivity contribution in [2.45, 2.75) is 13.5 Å². The number of hydrogen-bond acceptors (Lipinski definition) is 5. The van der Waals surface area contributed by atoms with Crippen molar-refractivity contribution in [3.63, 3.8) is 0 Å². The third-order valence-corrected chi connectivity index (χ3v) is 3.67. The van der Waals surface area contributed by atoms with Crippen LogP contribution in [0.5, 0.6) is 0 Å². The van der Waals surface area contributed by atoms with E-state index in [0.717, 1.165) is 4.57 Å². The molecule has 23 heavy (non-hydrogen) atoms. The van der Waals surface area contributed by atoms with E-state index >= 15 is 0 Å². The van der Waals surface area contributed by atoms with E-state index in [-0.39, 0.29) is 11.9 Å². The Labute approximate surface area is 131 Å². The second-order valence-electron chi connectivity index (χ2n) is 5.16. The zero-order valence-corrected chi connectivity index (χ0v) is 12.6. The lowest BCUT2D eigenvalue weighted by Gasteiger charge is -2.11. The number of nitriles is 1. The van der Waals surface area contributed by atoms with Gasteiger partial charge in [-0.1, -0.05) is 18.2 Å². The Balaban J connectivity index is 2.27. The fraction of sp³-hybridized carbons (Fsp3) is 0.188. The molecule has 0 atom stereocenters. The second-order valence-corrected chi connectivity index (χ2v) is 5.16. The van der Waals surface area contributed by atoms with Crippen LogP contribution in [0.1, 0.15) is 17.0 Å². The van der Waals surface area contributed by atoms with Gasteiger partial charge in [0.1, 0.15) is 11.2 Å². The van der Waals surface area contributed by atoms with E-state index in [9.17, 15) is 9.59 Å². The van der Waals surface area contributed by atoms with Crippen LogP contribution in [-0.2, 0) is 13.6 Å². The molecule has 0 unspecified atom stereocenters. The van der Waals surface area contributed by atoms with Crippen molar-refractivity contribution in [2.75, 3.05) is 0 Å². The van der Waals surface area contributed by atoms with Crippen molar-refractivity contribution in [1.82, 2.24) is 19.1 Å². The van der Waals surface area contributed by atoms with Crippen molar-refractivity contribution in [3.8, 4) is 6.07 Å². The van der Waals surface area contributed by atoms with Crippen molar-refractivity contribution in [2.24, 2.45) is 7.05 Å². The molecule has 0 aliphatic heterocycles. The van der Waals surface area contributed by atoms with E-state index in [4.69, 9.17) is 5.26 Å². The van der Waals surface area contributed by atoms with Crippen LogP contribution in [-0.4, -0.2) is 19.1 Å². The van der Waals surface area contributed by atoms with Gasteiger partial charge in [0.05, 0.1) is 18.2 Å². The van der Waals surface area contributed by atoms with Crippen LogP contribution in [0.25, 0.3) is 11.0 Å². The summed E-state index contributed by atoms with van der Waals surface area (Å²) in [5, 5.41) is 9.42. The zero-order valence-electron chi connectivity index (χ0n) is 12.6. The molecular weight excluding hydrogens is 294 g/mol. The monoisotopic (exact) mass is 307 g/mol. The summed E-state index contributed by atoms with van der Waals surface area (Å²) in [5.74, 6) is 0.486. The molecule has 0 aliphatic rings. The summed E-state index contributed by atoms with van der Waals surface area (Å²) in [6.07, 6.45) is 1.42. The van der Waals surface area contributed by atoms with Gasteiger partial charge < -0.3 is 0 Å². The molecule has 0 bridgehead atoms. The van der Waals surface area contributed by atoms with Gasteiger partial charge in [-0.05, 0) is 18.6 Å². The summed E-state index contributed by atoms with van der Waals surface area (Å²) >= 11 is 0. The molecule has 2 aromatic heterocycles. The molecule has 3 aromatic rings. The highest BCUT2D eigenvalue weighted by Crippen LogP contribution is 2.09. The molecule has 0 spiro atoms. The topological polar surface area (TPSA) is 93.6 Å². The van der Waals surface area contributed by atoms with Crippen molar-refractivity contribution in [3.05, 3.63) is 68.3 Å². The van der Waals surface area contributed by atoms with Crippen LogP contribution < -0.4 is 11.2 Å². The van der Waals surface area contributed by atoms with Gasteiger partial charge in [-0.3, -0.25) is 13.9 Å². The van der Waals surface area contributed by atoms with Crippen LogP contribution >= 0.6 is 0 Å². The van der Waals surface area contributed by atoms with Gasteiger partial charge in [-0.25, -0.2) is 14.8 Å². The largest absolute Gasteiger partial charge is 0.332 e. The molecule has 0 fully saturated rings. The van der Waals surface area contributed by atoms with Gasteiger partial charge in [0, 0.05) is 13.2 Å². The van der Waals surface area contributed by atoms with E-state index < -0.39 is 11.2 Å². The number of aromatic nitrogens is 4. The van der Waals surface area contributed by atoms with Crippen LogP contribution in [0.3, 0.4) is 0 Å². The molecule has 3 rings (SSSR count). The summed E-state index contributed by atoms with van der Waals surface area (Å²) in [5.41, 5.74) is 0.407. The Morgan fingerprint density at radius 3 is 2.74 bits per heavy atom. The summed E-state index contributed by atoms with van der Waals surface area (Å²) < 4.78 is 2.41. The van der Waals surface area contributed by atoms with Gasteiger partial charge in [-0.2, -0.15) is 5.26 Å². The minimum atomic E-state index is -0.478. The molecule has 0 N–H and O–H groups in total. The maximum atomic E-state index is 12.6. The molecule has 0 amide bonds. The minimum absolute atomic E-state index is 0.0268. The summed E-state index contributed by atoms with van der Waals surface area (Å²) in [6, 6.07) is 8.94. The lowest BCUT2D eigenvalue weighted by Crippen LogP contribution is -2.40. The van der Waals surface area contributed by atoms with Crippen molar-refractivity contribution >= 4 is 11.0 Å². The molecule has 7 nitrogen and oxygen atoms in total. The van der Waals surface area contributed by atoms with Crippen LogP contribution in [0.15, 0.2) is 40.1 Å². The Hall–Kier alpha value is -3.27. The van der Waals surface area contributed by atoms with Crippen molar-refractivity contribution in [1.29, 1.82) is 5.26 Å². The second kappa shape index (κ2) is 5.50. The fourth-order valence-corrected chi connectivity index (χ4v) is 2.45. The molecule has 0 radical (unpaired) electrons. The predicted octanol–water partition coefficient (Wildman–Crippen LogP) is 0.719. The van der Waals surface area contributed by atoms with Crippen LogP contribution in [0.2, 0.25) is 0 Å². The maximum Gasteiger partial charge on any atom is 0.332 e. The quantitative estimate of drug-likeness (QED) is 0.695. The highest BCUT2D eigenvalue weighted by Gasteiger charge is 2.14. The zero-order chi connectivity index (χ0) is 16.6. The summed E-state index contributed by atoms with van der Waals surface area (Å²) in [4.78, 5) is 33.3. The number of rotatable bonds is 2. The Morgan fingerprint density at radius 1 is 1.26 bits per heavy atom. The molecule has 114 valence electrons. The number of hydrogen-bond donors (Lipinski definition) is 0. The van der Waals surface area contributed by atoms with Crippen molar-refractivity contribution < 1.29 is 0 Å². The number of nitrogens with zero attached hydrogens (tertiary/aromatic N) is 5. The first kappa shape index (κ1) is 14.7. The Kier molecular flexibility index (Phi) is 3.50. The highest BCUT2D eigenvalue weighted by atomic mass is 16.2. The first-order valence-corrected chi connectivity index (χ1v) is 6.94. The van der Waals surface area contributed by atoms with E-state index in [1.165, 1.54) is 10.8 Å². The van der Waals surface area contributed by atoms with Crippen LogP contribution in [0, 0.1) is 18.3 Å². The first-order valence-electron chi connectivity index (χ1n) is 6.94. The molecule has 0 saturated heterocycles. The molecule has 1 aromatic carbocycles. The van der Waals surface area contributed by atoms with E-state index in [2.05, 4.69) is 16.0 Å². The molecular formula is C16H13N5O2. The van der Waals surface area contributed by atoms with E-state index in [0.29, 0.717) is 22.6 Å². The minimum Gasteiger partial charge on any atom is -0.280 e. The van der Waals surface area contributed by atoms with Gasteiger partial charge in [0.15, 0.2) is 5.65 Å². The fourth-order valence-electron chi connectivity index (χ4n) is 2.45. The SMILES string of the molecule is Cc1ncc2c(=O)n(Cc3ccccc3C#N)c(=O)n(C)c2n1. The first-order chi connectivity index (χ1) is 11.0. The van der Waals surface area contributed by atoms with E-state index in [1.807, 2.05) is 0 Å². The van der Waals surface area contributed by atoms with Gasteiger partial charge in [0.2, 0.25) is 0 Å². The number of benzene rings is 1. The lowest BCUT2D eigenvalue weighted by atomic mass is 10.1. The molecule has 0 saturated carbocycles.